The first kappa shape index (κ1) is 28.1. The van der Waals surface area contributed by atoms with Gasteiger partial charge >= 0.3 is 11.9 Å². The quantitative estimate of drug-likeness (QED) is 0.115. The fourth-order valence-electron chi connectivity index (χ4n) is 2.18. The molecule has 0 aromatic heterocycles. The number of carboxylic acid groups (broad SMARTS) is 2. The third-order valence-electron chi connectivity index (χ3n) is 3.82. The van der Waals surface area contributed by atoms with Crippen LogP contribution in [0.5, 0.6) is 0 Å². The molecule has 0 saturated heterocycles. The van der Waals surface area contributed by atoms with Crippen molar-refractivity contribution in [3.05, 3.63) is 0 Å². The first-order valence-corrected chi connectivity index (χ1v) is 10.3. The number of aliphatic hydroxyl groups is 1. The number of rotatable bonds is 15. The highest BCUT2D eigenvalue weighted by Gasteiger charge is 2.31. The molecule has 0 aliphatic carbocycles. The number of aliphatic carboxylic acids is 2. The van der Waals surface area contributed by atoms with Gasteiger partial charge in [0.1, 0.15) is 18.1 Å². The average Bonchev–Trinajstić information content (AvgIpc) is 2.67. The summed E-state index contributed by atoms with van der Waals surface area (Å²) in [5.74, 6) is -6.55. The second-order valence-corrected chi connectivity index (χ2v) is 7.35. The van der Waals surface area contributed by atoms with E-state index in [1.807, 2.05) is 10.6 Å². The predicted octanol–water partition coefficient (Wildman–Crippen LogP) is -4.05. The third-order valence-corrected chi connectivity index (χ3v) is 4.46. The van der Waals surface area contributed by atoms with Crippen LogP contribution in [0.15, 0.2) is 0 Å². The van der Waals surface area contributed by atoms with Gasteiger partial charge in [-0.3, -0.25) is 24.0 Å². The molecule has 176 valence electrons. The summed E-state index contributed by atoms with van der Waals surface area (Å²) in [5.41, 5.74) is 10.6. The van der Waals surface area contributed by atoms with Crippen LogP contribution >= 0.6 is 11.8 Å². The van der Waals surface area contributed by atoms with E-state index in [9.17, 15) is 33.9 Å². The van der Waals surface area contributed by atoms with Gasteiger partial charge in [-0.1, -0.05) is 0 Å². The van der Waals surface area contributed by atoms with Gasteiger partial charge in [0.05, 0.1) is 25.5 Å². The van der Waals surface area contributed by atoms with Crippen LogP contribution in [0, 0.1) is 0 Å². The smallest absolute Gasteiger partial charge is 0.326 e. The van der Waals surface area contributed by atoms with E-state index in [4.69, 9.17) is 21.7 Å². The summed E-state index contributed by atoms with van der Waals surface area (Å²) in [4.78, 5) is 69.7. The van der Waals surface area contributed by atoms with E-state index in [0.717, 1.165) is 0 Å². The number of carbonyl (C=O) groups is 6. The zero-order valence-electron chi connectivity index (χ0n) is 16.7. The van der Waals surface area contributed by atoms with Gasteiger partial charge in [0, 0.05) is 0 Å². The molecule has 0 saturated carbocycles. The summed E-state index contributed by atoms with van der Waals surface area (Å²) in [6, 6.07) is -6.02. The van der Waals surface area contributed by atoms with Gasteiger partial charge in [0.2, 0.25) is 23.6 Å². The van der Waals surface area contributed by atoms with Gasteiger partial charge in [-0.25, -0.2) is 4.79 Å². The summed E-state index contributed by atoms with van der Waals surface area (Å²) < 4.78 is 0. The van der Waals surface area contributed by atoms with Crippen LogP contribution in [0.4, 0.5) is 0 Å². The summed E-state index contributed by atoms with van der Waals surface area (Å²) in [6.07, 6.45) is 0.487. The zero-order chi connectivity index (χ0) is 24.1. The monoisotopic (exact) mass is 465 g/mol. The molecule has 4 atom stereocenters. The average molecular weight is 465 g/mol. The van der Waals surface area contributed by atoms with Crippen molar-refractivity contribution in [3.8, 4) is 0 Å². The highest BCUT2D eigenvalue weighted by atomic mass is 32.2. The molecule has 4 amide bonds. The molecule has 0 bridgehead atoms. The molecule has 0 aliphatic rings. The Labute approximate surface area is 181 Å². The molecule has 0 heterocycles. The van der Waals surface area contributed by atoms with Gasteiger partial charge in [0.25, 0.3) is 0 Å². The van der Waals surface area contributed by atoms with Crippen molar-refractivity contribution in [3.63, 3.8) is 0 Å². The van der Waals surface area contributed by atoms with E-state index in [0.29, 0.717) is 5.75 Å². The Hall–Kier alpha value is -2.91. The molecule has 0 rings (SSSR count). The summed E-state index contributed by atoms with van der Waals surface area (Å²) in [7, 11) is 0. The minimum absolute atomic E-state index is 0.270. The highest BCUT2D eigenvalue weighted by molar-refractivity contribution is 7.98. The topological polar surface area (TPSA) is 251 Å². The van der Waals surface area contributed by atoms with Crippen molar-refractivity contribution in [2.75, 3.05) is 18.6 Å². The van der Waals surface area contributed by atoms with Crippen molar-refractivity contribution in [2.45, 2.75) is 43.4 Å². The van der Waals surface area contributed by atoms with Gasteiger partial charge < -0.3 is 42.7 Å². The lowest BCUT2D eigenvalue weighted by molar-refractivity contribution is -0.144. The van der Waals surface area contributed by atoms with E-state index >= 15 is 0 Å². The molecule has 15 heteroatoms. The van der Waals surface area contributed by atoms with E-state index in [1.165, 1.54) is 11.8 Å². The Balaban J connectivity index is 5.23. The Bertz CT molecular complexity index is 690. The lowest BCUT2D eigenvalue weighted by atomic mass is 10.1. The van der Waals surface area contributed by atoms with Gasteiger partial charge in [-0.05, 0) is 18.4 Å². The Morgan fingerprint density at radius 3 is 1.84 bits per heavy atom. The Kier molecular flexibility index (Phi) is 12.8. The maximum atomic E-state index is 12.4. The number of nitrogens with two attached hydrogens (primary N) is 2. The van der Waals surface area contributed by atoms with Crippen LogP contribution in [-0.2, 0) is 28.8 Å². The molecule has 0 fully saturated rings. The maximum absolute atomic E-state index is 12.4. The van der Waals surface area contributed by atoms with Crippen LogP contribution in [-0.4, -0.2) is 93.7 Å². The van der Waals surface area contributed by atoms with Crippen molar-refractivity contribution in [1.29, 1.82) is 0 Å². The number of amides is 4. The number of aliphatic hydroxyl groups excluding tert-OH is 1. The Morgan fingerprint density at radius 2 is 1.39 bits per heavy atom. The molecule has 0 aromatic rings. The van der Waals surface area contributed by atoms with Gasteiger partial charge in [0.15, 0.2) is 0 Å². The highest BCUT2D eigenvalue weighted by Crippen LogP contribution is 2.02. The molecule has 0 spiro atoms. The minimum Gasteiger partial charge on any atom is -0.481 e. The van der Waals surface area contributed by atoms with Crippen LogP contribution < -0.4 is 27.4 Å². The lowest BCUT2D eigenvalue weighted by Crippen LogP contribution is -2.58. The molecule has 4 unspecified atom stereocenters. The van der Waals surface area contributed by atoms with Crippen LogP contribution in [0.1, 0.15) is 19.3 Å². The number of nitrogens with one attached hydrogen (secondary N) is 3. The molecule has 0 aliphatic heterocycles. The first-order valence-electron chi connectivity index (χ1n) is 8.92. The first-order chi connectivity index (χ1) is 14.4. The summed E-state index contributed by atoms with van der Waals surface area (Å²) >= 11 is 1.43. The van der Waals surface area contributed by atoms with Crippen LogP contribution in [0.2, 0.25) is 0 Å². The van der Waals surface area contributed by atoms with Crippen LogP contribution in [0.3, 0.4) is 0 Å². The fourth-order valence-corrected chi connectivity index (χ4v) is 2.67. The second kappa shape index (κ2) is 14.2. The molecule has 0 radical (unpaired) electrons. The number of hydrogen-bond donors (Lipinski definition) is 8. The number of hydrogen-bond acceptors (Lipinski definition) is 9. The van der Waals surface area contributed by atoms with E-state index in [1.54, 1.807) is 6.26 Å². The fraction of sp³-hybridized carbons (Fsp3) is 0.625. The molecule has 31 heavy (non-hydrogen) atoms. The number of carbonyl (C=O) groups excluding carboxylic acids is 4. The molecular formula is C16H27N5O9S. The van der Waals surface area contributed by atoms with Crippen molar-refractivity contribution in [2.24, 2.45) is 11.5 Å². The largest absolute Gasteiger partial charge is 0.481 e. The molecule has 0 aromatic carbocycles. The third kappa shape index (κ3) is 11.2. The maximum Gasteiger partial charge on any atom is 0.326 e. The second-order valence-electron chi connectivity index (χ2n) is 6.36. The van der Waals surface area contributed by atoms with E-state index in [-0.39, 0.29) is 6.42 Å². The normalized spacial score (nSPS) is 14.4. The molecular weight excluding hydrogens is 438 g/mol. The SMILES string of the molecule is CSCCC(N)C(=O)NC(CC(=O)O)C(=O)NC(CO)C(=O)NC(CC(N)=O)C(=O)O. The Morgan fingerprint density at radius 1 is 0.871 bits per heavy atom. The van der Waals surface area contributed by atoms with Gasteiger partial charge in [-0.2, -0.15) is 11.8 Å². The lowest BCUT2D eigenvalue weighted by Gasteiger charge is -2.23. The van der Waals surface area contributed by atoms with Crippen molar-refractivity contribution in [1.82, 2.24) is 16.0 Å². The number of primary amides is 1. The van der Waals surface area contributed by atoms with Crippen LogP contribution in [0.25, 0.3) is 0 Å². The summed E-state index contributed by atoms with van der Waals surface area (Å²) in [6.45, 7) is -0.985. The van der Waals surface area contributed by atoms with Gasteiger partial charge in [-0.15, -0.1) is 0 Å². The molecule has 14 nitrogen and oxygen atoms in total. The van der Waals surface area contributed by atoms with Crippen molar-refractivity contribution < 1.29 is 44.1 Å². The number of carboxylic acids is 2. The summed E-state index contributed by atoms with van der Waals surface area (Å²) in [5, 5.41) is 33.5. The van der Waals surface area contributed by atoms with Crippen molar-refractivity contribution >= 4 is 47.3 Å². The standard InChI is InChI=1S/C16H27N5O9S/c1-31-3-2-7(17)13(26)19-8(5-12(24)25)14(27)21-10(6-22)15(28)20-9(16(29)30)4-11(18)23/h7-10,22H,2-6,17H2,1H3,(H2,18,23)(H,19,26)(H,20,28)(H,21,27)(H,24,25)(H,29,30). The zero-order valence-corrected chi connectivity index (χ0v) is 17.5. The van der Waals surface area contributed by atoms with E-state index in [2.05, 4.69) is 5.32 Å². The van der Waals surface area contributed by atoms with E-state index < -0.39 is 79.2 Å². The number of thioether (sulfide) groups is 1. The predicted molar refractivity (Wildman–Crippen MR) is 108 cm³/mol. The molecule has 10 N–H and O–H groups in total. The minimum atomic E-state index is -1.71.